The highest BCUT2D eigenvalue weighted by atomic mass is 32.2. The van der Waals surface area contributed by atoms with E-state index in [9.17, 15) is 0 Å². The predicted octanol–water partition coefficient (Wildman–Crippen LogP) is 3.27. The van der Waals surface area contributed by atoms with Crippen molar-refractivity contribution in [2.24, 2.45) is 0 Å². The van der Waals surface area contributed by atoms with Crippen molar-refractivity contribution in [3.8, 4) is 0 Å². The molecule has 1 atom stereocenters. The fourth-order valence-corrected chi connectivity index (χ4v) is 2.33. The van der Waals surface area contributed by atoms with Gasteiger partial charge in [0, 0.05) is 17.2 Å². The maximum Gasteiger partial charge on any atom is 0.134 e. The number of rotatable bonds is 5. The third-order valence-electron chi connectivity index (χ3n) is 2.52. The maximum atomic E-state index is 5.73. The largest absolute Gasteiger partial charge is 0.460 e. The van der Waals surface area contributed by atoms with Gasteiger partial charge in [-0.3, -0.25) is 0 Å². The van der Waals surface area contributed by atoms with Crippen LogP contribution >= 0.6 is 11.8 Å². The summed E-state index contributed by atoms with van der Waals surface area (Å²) in [5, 5.41) is 4.62. The highest BCUT2D eigenvalue weighted by Crippen LogP contribution is 2.18. The molecule has 0 amide bonds. The van der Waals surface area contributed by atoms with Crippen LogP contribution in [0, 0.1) is 0 Å². The fraction of sp³-hybridized carbons (Fsp3) is 0.385. The molecule has 1 aromatic carbocycles. The van der Waals surface area contributed by atoms with Gasteiger partial charge < -0.3 is 9.73 Å². The maximum absolute atomic E-state index is 5.73. The molecular weight excluding hydrogens is 218 g/mol. The predicted molar refractivity (Wildman–Crippen MR) is 70.9 cm³/mol. The molecule has 3 heteroatoms. The molecule has 0 saturated carbocycles. The van der Waals surface area contributed by atoms with Crippen molar-refractivity contribution >= 4 is 22.7 Å². The van der Waals surface area contributed by atoms with Gasteiger partial charge in [0.15, 0.2) is 0 Å². The number of fused-ring (bicyclic) bond motifs is 1. The lowest BCUT2D eigenvalue weighted by molar-refractivity contribution is 0.491. The Bertz CT molecular complexity index is 419. The van der Waals surface area contributed by atoms with Crippen molar-refractivity contribution in [3.63, 3.8) is 0 Å². The topological polar surface area (TPSA) is 25.2 Å². The van der Waals surface area contributed by atoms with Crippen LogP contribution in [0.15, 0.2) is 34.7 Å². The van der Waals surface area contributed by atoms with E-state index in [1.807, 2.05) is 30.0 Å². The Kier molecular flexibility index (Phi) is 3.91. The van der Waals surface area contributed by atoms with Crippen LogP contribution in [0.25, 0.3) is 11.0 Å². The number of thioether (sulfide) groups is 1. The minimum atomic E-state index is 0.517. The van der Waals surface area contributed by atoms with Gasteiger partial charge in [0.05, 0.1) is 6.54 Å². The zero-order chi connectivity index (χ0) is 11.4. The van der Waals surface area contributed by atoms with Gasteiger partial charge in [-0.15, -0.1) is 0 Å². The second kappa shape index (κ2) is 5.41. The number of nitrogens with one attached hydrogen (secondary N) is 1. The van der Waals surface area contributed by atoms with Crippen molar-refractivity contribution in [3.05, 3.63) is 36.1 Å². The fourth-order valence-electron chi connectivity index (χ4n) is 1.71. The Morgan fingerprint density at radius 3 is 2.94 bits per heavy atom. The molecule has 0 spiro atoms. The van der Waals surface area contributed by atoms with Gasteiger partial charge in [-0.1, -0.05) is 18.2 Å². The molecule has 0 aliphatic heterocycles. The van der Waals surface area contributed by atoms with Gasteiger partial charge >= 0.3 is 0 Å². The van der Waals surface area contributed by atoms with Crippen LogP contribution in [-0.4, -0.2) is 18.1 Å². The normalized spacial score (nSPS) is 13.1. The first-order chi connectivity index (χ1) is 7.79. The molecule has 2 nitrogen and oxygen atoms in total. The van der Waals surface area contributed by atoms with Crippen LogP contribution < -0.4 is 5.32 Å². The smallest absolute Gasteiger partial charge is 0.134 e. The Morgan fingerprint density at radius 1 is 1.38 bits per heavy atom. The summed E-state index contributed by atoms with van der Waals surface area (Å²) in [5.41, 5.74) is 0.969. The second-order valence-electron chi connectivity index (χ2n) is 3.99. The third kappa shape index (κ3) is 2.80. The van der Waals surface area contributed by atoms with Gasteiger partial charge in [0.1, 0.15) is 11.3 Å². The number of furan rings is 1. The Hall–Kier alpha value is -0.930. The highest BCUT2D eigenvalue weighted by molar-refractivity contribution is 7.98. The summed E-state index contributed by atoms with van der Waals surface area (Å²) >= 11 is 1.86. The molecule has 2 rings (SSSR count). The molecule has 1 N–H and O–H groups in total. The Labute approximate surface area is 100 Å². The van der Waals surface area contributed by atoms with Crippen molar-refractivity contribution < 1.29 is 4.42 Å². The Morgan fingerprint density at radius 2 is 2.19 bits per heavy atom. The zero-order valence-corrected chi connectivity index (χ0v) is 10.5. The summed E-state index contributed by atoms with van der Waals surface area (Å²) in [7, 11) is 0. The quantitative estimate of drug-likeness (QED) is 0.861. The number of hydrogen-bond acceptors (Lipinski definition) is 3. The summed E-state index contributed by atoms with van der Waals surface area (Å²) < 4.78 is 5.73. The SMILES string of the molecule is CSCC(C)NCc1cc2ccccc2o1. The van der Waals surface area contributed by atoms with Crippen molar-refractivity contribution in [1.82, 2.24) is 5.32 Å². The van der Waals surface area contributed by atoms with E-state index in [1.165, 1.54) is 5.39 Å². The first kappa shape index (κ1) is 11.6. The van der Waals surface area contributed by atoms with E-state index < -0.39 is 0 Å². The summed E-state index contributed by atoms with van der Waals surface area (Å²) in [5.74, 6) is 2.13. The molecule has 0 aliphatic carbocycles. The van der Waals surface area contributed by atoms with Gasteiger partial charge in [-0.2, -0.15) is 11.8 Å². The molecular formula is C13H17NOS. The van der Waals surface area contributed by atoms with E-state index in [-0.39, 0.29) is 0 Å². The molecule has 1 unspecified atom stereocenters. The van der Waals surface area contributed by atoms with Crippen molar-refractivity contribution in [1.29, 1.82) is 0 Å². The van der Waals surface area contributed by atoms with Crippen molar-refractivity contribution in [2.45, 2.75) is 19.5 Å². The molecule has 0 fully saturated rings. The first-order valence-corrected chi connectivity index (χ1v) is 6.89. The minimum Gasteiger partial charge on any atom is -0.460 e. The summed E-state index contributed by atoms with van der Waals surface area (Å²) in [6, 6.07) is 10.7. The molecule has 0 bridgehead atoms. The van der Waals surface area contributed by atoms with Crippen LogP contribution in [-0.2, 0) is 6.54 Å². The number of para-hydroxylation sites is 1. The average molecular weight is 235 g/mol. The van der Waals surface area contributed by atoms with Crippen LogP contribution in [0.2, 0.25) is 0 Å². The summed E-state index contributed by atoms with van der Waals surface area (Å²) in [4.78, 5) is 0. The molecule has 1 heterocycles. The molecule has 0 saturated heterocycles. The van der Waals surface area contributed by atoms with Crippen LogP contribution in [0.4, 0.5) is 0 Å². The van der Waals surface area contributed by atoms with Gasteiger partial charge in [0.25, 0.3) is 0 Å². The molecule has 0 aliphatic rings. The molecule has 1 aromatic heterocycles. The summed E-state index contributed by atoms with van der Waals surface area (Å²) in [6.45, 7) is 3.00. The Balaban J connectivity index is 1.99. The first-order valence-electron chi connectivity index (χ1n) is 5.49. The monoisotopic (exact) mass is 235 g/mol. The molecule has 86 valence electrons. The van der Waals surface area contributed by atoms with Gasteiger partial charge in [0.2, 0.25) is 0 Å². The number of hydrogen-bond donors (Lipinski definition) is 1. The third-order valence-corrected chi connectivity index (χ3v) is 3.35. The van der Waals surface area contributed by atoms with E-state index in [0.29, 0.717) is 6.04 Å². The standard InChI is InChI=1S/C13H17NOS/c1-10(9-16-2)14-8-12-7-11-5-3-4-6-13(11)15-12/h3-7,10,14H,8-9H2,1-2H3. The van der Waals surface area contributed by atoms with Crippen LogP contribution in [0.5, 0.6) is 0 Å². The molecule has 16 heavy (non-hydrogen) atoms. The average Bonchev–Trinajstić information content (AvgIpc) is 2.69. The molecule has 0 radical (unpaired) electrons. The minimum absolute atomic E-state index is 0.517. The van der Waals surface area contributed by atoms with E-state index in [0.717, 1.165) is 23.6 Å². The van der Waals surface area contributed by atoms with Gasteiger partial charge in [-0.05, 0) is 25.3 Å². The van der Waals surface area contributed by atoms with Crippen molar-refractivity contribution in [2.75, 3.05) is 12.0 Å². The second-order valence-corrected chi connectivity index (χ2v) is 4.90. The van der Waals surface area contributed by atoms with E-state index in [4.69, 9.17) is 4.42 Å². The number of benzene rings is 1. The lowest BCUT2D eigenvalue weighted by Crippen LogP contribution is -2.27. The molecule has 2 aromatic rings. The van der Waals surface area contributed by atoms with Gasteiger partial charge in [-0.25, -0.2) is 0 Å². The van der Waals surface area contributed by atoms with Crippen LogP contribution in [0.1, 0.15) is 12.7 Å². The highest BCUT2D eigenvalue weighted by Gasteiger charge is 2.04. The van der Waals surface area contributed by atoms with E-state index in [1.54, 1.807) is 0 Å². The van der Waals surface area contributed by atoms with Crippen LogP contribution in [0.3, 0.4) is 0 Å². The lowest BCUT2D eigenvalue weighted by Gasteiger charge is -2.10. The zero-order valence-electron chi connectivity index (χ0n) is 9.69. The van der Waals surface area contributed by atoms with E-state index in [2.05, 4.69) is 30.6 Å². The van der Waals surface area contributed by atoms with E-state index >= 15 is 0 Å². The summed E-state index contributed by atoms with van der Waals surface area (Å²) in [6.07, 6.45) is 2.12. The lowest BCUT2D eigenvalue weighted by atomic mass is 10.2.